The van der Waals surface area contributed by atoms with Gasteiger partial charge >= 0.3 is 5.97 Å². The Kier molecular flexibility index (Phi) is 2.84. The Morgan fingerprint density at radius 2 is 1.94 bits per heavy atom. The number of hydrogen-bond donors (Lipinski definition) is 1. The van der Waals surface area contributed by atoms with Gasteiger partial charge in [-0.3, -0.25) is 0 Å². The number of aliphatic hydroxyl groups excluding tert-OH is 1. The summed E-state index contributed by atoms with van der Waals surface area (Å²) >= 11 is 0. The molecule has 2 bridgehead atoms. The SMILES string of the molecule is C[C@H]1[C@@H](C(O)C2C=CC(=O)O2)[C@@H]2C=CC=C[C@H]1O2. The first-order chi connectivity index (χ1) is 8.66. The van der Waals surface area contributed by atoms with E-state index in [2.05, 4.69) is 6.92 Å². The zero-order valence-corrected chi connectivity index (χ0v) is 10.1. The number of hydrogen-bond acceptors (Lipinski definition) is 4. The molecule has 4 nitrogen and oxygen atoms in total. The Morgan fingerprint density at radius 3 is 2.61 bits per heavy atom. The normalized spacial score (nSPS) is 43.0. The van der Waals surface area contributed by atoms with Crippen molar-refractivity contribution in [1.82, 2.24) is 0 Å². The molecule has 3 aliphatic rings. The molecular weight excluding hydrogens is 232 g/mol. The topological polar surface area (TPSA) is 55.8 Å². The average molecular weight is 248 g/mol. The van der Waals surface area contributed by atoms with Crippen molar-refractivity contribution in [2.45, 2.75) is 31.3 Å². The van der Waals surface area contributed by atoms with E-state index in [0.29, 0.717) is 0 Å². The molecular formula is C14H16O4. The second kappa shape index (κ2) is 4.37. The van der Waals surface area contributed by atoms with Crippen LogP contribution in [-0.2, 0) is 14.3 Å². The second-order valence-electron chi connectivity index (χ2n) is 5.02. The fraction of sp³-hybridized carbons (Fsp3) is 0.500. The van der Waals surface area contributed by atoms with Gasteiger partial charge in [0.1, 0.15) is 12.2 Å². The lowest BCUT2D eigenvalue weighted by Gasteiger charge is -2.28. The summed E-state index contributed by atoms with van der Waals surface area (Å²) in [4.78, 5) is 11.1. The van der Waals surface area contributed by atoms with Crippen LogP contribution in [0.3, 0.4) is 0 Å². The molecule has 0 saturated carbocycles. The van der Waals surface area contributed by atoms with Crippen LogP contribution in [0.4, 0.5) is 0 Å². The maximum atomic E-state index is 11.1. The van der Waals surface area contributed by atoms with Crippen LogP contribution in [-0.4, -0.2) is 35.5 Å². The first kappa shape index (κ1) is 11.7. The van der Waals surface area contributed by atoms with Crippen LogP contribution in [0.2, 0.25) is 0 Å². The fourth-order valence-electron chi connectivity index (χ4n) is 2.95. The monoisotopic (exact) mass is 248 g/mol. The Balaban J connectivity index is 1.79. The van der Waals surface area contributed by atoms with Crippen LogP contribution in [0, 0.1) is 11.8 Å². The smallest absolute Gasteiger partial charge is 0.331 e. The molecule has 6 atom stereocenters. The summed E-state index contributed by atoms with van der Waals surface area (Å²) in [6.07, 6.45) is 9.47. The van der Waals surface area contributed by atoms with E-state index >= 15 is 0 Å². The third-order valence-corrected chi connectivity index (χ3v) is 3.94. The quantitative estimate of drug-likeness (QED) is 0.740. The highest BCUT2D eigenvalue weighted by Crippen LogP contribution is 2.39. The third kappa shape index (κ3) is 1.82. The molecule has 0 amide bonds. The van der Waals surface area contributed by atoms with Crippen LogP contribution < -0.4 is 0 Å². The zero-order chi connectivity index (χ0) is 12.7. The summed E-state index contributed by atoms with van der Waals surface area (Å²) in [5, 5.41) is 10.4. The molecule has 96 valence electrons. The van der Waals surface area contributed by atoms with Gasteiger partial charge in [0, 0.05) is 12.0 Å². The minimum Gasteiger partial charge on any atom is -0.452 e. The maximum absolute atomic E-state index is 11.1. The molecule has 3 rings (SSSR count). The van der Waals surface area contributed by atoms with Gasteiger partial charge in [0.25, 0.3) is 0 Å². The van der Waals surface area contributed by atoms with Gasteiger partial charge in [0.15, 0.2) is 0 Å². The standard InChI is InChI=1S/C14H16O4/c1-8-9-4-2-3-5-10(17-9)13(8)14(16)11-6-7-12(15)18-11/h2-11,13-14,16H,1H3/t8-,9-,10+,11?,13-,14?/m1/s1. The lowest BCUT2D eigenvalue weighted by molar-refractivity contribution is -0.145. The molecule has 0 aliphatic carbocycles. The van der Waals surface area contributed by atoms with Crippen molar-refractivity contribution in [2.24, 2.45) is 11.8 Å². The van der Waals surface area contributed by atoms with Crippen LogP contribution in [0.5, 0.6) is 0 Å². The summed E-state index contributed by atoms with van der Waals surface area (Å²) in [5.74, 6) is -0.253. The van der Waals surface area contributed by atoms with Gasteiger partial charge in [-0.15, -0.1) is 0 Å². The molecule has 1 saturated heterocycles. The van der Waals surface area contributed by atoms with Crippen molar-refractivity contribution >= 4 is 5.97 Å². The number of allylic oxidation sites excluding steroid dienone is 2. The highest BCUT2D eigenvalue weighted by atomic mass is 16.6. The Labute approximate surface area is 106 Å². The van der Waals surface area contributed by atoms with E-state index in [1.807, 2.05) is 24.3 Å². The lowest BCUT2D eigenvalue weighted by atomic mass is 9.81. The number of esters is 1. The van der Waals surface area contributed by atoms with Gasteiger partial charge in [-0.25, -0.2) is 4.79 Å². The molecule has 3 aliphatic heterocycles. The molecule has 18 heavy (non-hydrogen) atoms. The first-order valence-corrected chi connectivity index (χ1v) is 6.24. The summed E-state index contributed by atoms with van der Waals surface area (Å²) in [5.41, 5.74) is 0. The van der Waals surface area contributed by atoms with Crippen LogP contribution in [0.25, 0.3) is 0 Å². The Hall–Kier alpha value is -1.39. The maximum Gasteiger partial charge on any atom is 0.331 e. The van der Waals surface area contributed by atoms with Gasteiger partial charge in [-0.1, -0.05) is 31.2 Å². The minimum absolute atomic E-state index is 0.0192. The lowest BCUT2D eigenvalue weighted by Crippen LogP contribution is -2.40. The van der Waals surface area contributed by atoms with Crippen LogP contribution >= 0.6 is 0 Å². The van der Waals surface area contributed by atoms with Crippen LogP contribution in [0.15, 0.2) is 36.5 Å². The summed E-state index contributed by atoms with van der Waals surface area (Å²) < 4.78 is 10.9. The molecule has 0 aromatic carbocycles. The number of fused-ring (bicyclic) bond motifs is 2. The molecule has 0 aromatic heterocycles. The highest BCUT2D eigenvalue weighted by Gasteiger charge is 2.47. The molecule has 1 fully saturated rings. The van der Waals surface area contributed by atoms with E-state index in [9.17, 15) is 9.90 Å². The van der Waals surface area contributed by atoms with Crippen molar-refractivity contribution in [1.29, 1.82) is 0 Å². The summed E-state index contributed by atoms with van der Waals surface area (Å²) in [7, 11) is 0. The van der Waals surface area contributed by atoms with E-state index < -0.39 is 12.2 Å². The Morgan fingerprint density at radius 1 is 1.22 bits per heavy atom. The third-order valence-electron chi connectivity index (χ3n) is 3.94. The zero-order valence-electron chi connectivity index (χ0n) is 10.1. The number of rotatable bonds is 2. The molecule has 2 unspecified atom stereocenters. The number of carbonyl (C=O) groups excluding carboxylic acids is 1. The fourth-order valence-corrected chi connectivity index (χ4v) is 2.95. The summed E-state index contributed by atoms with van der Waals surface area (Å²) in [6.45, 7) is 2.06. The average Bonchev–Trinajstić information content (AvgIpc) is 2.79. The number of carbonyl (C=O) groups is 1. The number of cyclic esters (lactones) is 1. The van der Waals surface area contributed by atoms with Crippen molar-refractivity contribution in [2.75, 3.05) is 0 Å². The van der Waals surface area contributed by atoms with E-state index in [1.165, 1.54) is 6.08 Å². The molecule has 4 heteroatoms. The van der Waals surface area contributed by atoms with Gasteiger partial charge in [-0.05, 0) is 12.0 Å². The van der Waals surface area contributed by atoms with Gasteiger partial charge in [0.2, 0.25) is 0 Å². The van der Waals surface area contributed by atoms with Gasteiger partial charge in [0.05, 0.1) is 12.2 Å². The molecule has 1 N–H and O–H groups in total. The second-order valence-corrected chi connectivity index (χ2v) is 5.02. The van der Waals surface area contributed by atoms with E-state index in [4.69, 9.17) is 9.47 Å². The molecule has 0 aromatic rings. The minimum atomic E-state index is -0.728. The van der Waals surface area contributed by atoms with Crippen LogP contribution in [0.1, 0.15) is 6.92 Å². The highest BCUT2D eigenvalue weighted by molar-refractivity contribution is 5.84. The van der Waals surface area contributed by atoms with Gasteiger partial charge < -0.3 is 14.6 Å². The van der Waals surface area contributed by atoms with Crippen molar-refractivity contribution in [3.05, 3.63) is 36.5 Å². The van der Waals surface area contributed by atoms with E-state index in [0.717, 1.165) is 0 Å². The van der Waals surface area contributed by atoms with Crippen molar-refractivity contribution in [3.8, 4) is 0 Å². The van der Waals surface area contributed by atoms with Gasteiger partial charge in [-0.2, -0.15) is 0 Å². The molecule has 0 spiro atoms. The van der Waals surface area contributed by atoms with E-state index in [1.54, 1.807) is 6.08 Å². The number of aliphatic hydroxyl groups is 1. The predicted molar refractivity (Wildman–Crippen MR) is 64.6 cm³/mol. The summed E-state index contributed by atoms with van der Waals surface area (Å²) in [6, 6.07) is 0. The molecule has 0 radical (unpaired) electrons. The van der Waals surface area contributed by atoms with E-state index in [-0.39, 0.29) is 30.0 Å². The van der Waals surface area contributed by atoms with Crippen molar-refractivity contribution in [3.63, 3.8) is 0 Å². The molecule has 3 heterocycles. The largest absolute Gasteiger partial charge is 0.452 e. The van der Waals surface area contributed by atoms with Crippen molar-refractivity contribution < 1.29 is 19.4 Å². The number of ether oxygens (including phenoxy) is 2. The predicted octanol–water partition coefficient (Wildman–Crippen LogP) is 0.975. The Bertz CT molecular complexity index is 437. The first-order valence-electron chi connectivity index (χ1n) is 6.24.